The summed E-state index contributed by atoms with van der Waals surface area (Å²) in [7, 11) is 0. The van der Waals surface area contributed by atoms with E-state index in [1.165, 1.54) is 25.7 Å². The van der Waals surface area contributed by atoms with E-state index < -0.39 is 0 Å². The first-order valence-corrected chi connectivity index (χ1v) is 6.07. The van der Waals surface area contributed by atoms with Gasteiger partial charge in [0.15, 0.2) is 0 Å². The van der Waals surface area contributed by atoms with E-state index in [-0.39, 0.29) is 0 Å². The van der Waals surface area contributed by atoms with Crippen molar-refractivity contribution in [2.45, 2.75) is 52.1 Å². The van der Waals surface area contributed by atoms with Gasteiger partial charge in [0.1, 0.15) is 0 Å². The molecule has 2 nitrogen and oxygen atoms in total. The number of hydrogen-bond donors (Lipinski definition) is 0. The summed E-state index contributed by atoms with van der Waals surface area (Å²) in [5.74, 6) is 0.648. The monoisotopic (exact) mass is 200 g/mol. The predicted octanol–water partition coefficient (Wildman–Crippen LogP) is 3.01. The van der Waals surface area contributed by atoms with Crippen LogP contribution in [0, 0.1) is 5.92 Å². The van der Waals surface area contributed by atoms with Crippen molar-refractivity contribution in [3.8, 4) is 0 Å². The Morgan fingerprint density at radius 3 is 2.64 bits per heavy atom. The van der Waals surface area contributed by atoms with E-state index in [2.05, 4.69) is 13.8 Å². The van der Waals surface area contributed by atoms with Crippen molar-refractivity contribution in [1.82, 2.24) is 0 Å². The van der Waals surface area contributed by atoms with Crippen molar-refractivity contribution in [3.05, 3.63) is 0 Å². The smallest absolute Gasteiger partial charge is 0.0625 e. The summed E-state index contributed by atoms with van der Waals surface area (Å²) in [6.07, 6.45) is 6.78. The average Bonchev–Trinajstić information content (AvgIpc) is 2.21. The van der Waals surface area contributed by atoms with Gasteiger partial charge < -0.3 is 9.47 Å². The molecule has 0 amide bonds. The van der Waals surface area contributed by atoms with Crippen LogP contribution in [0.2, 0.25) is 0 Å². The highest BCUT2D eigenvalue weighted by atomic mass is 16.5. The zero-order valence-corrected chi connectivity index (χ0v) is 9.63. The van der Waals surface area contributed by atoms with Crippen molar-refractivity contribution in [3.63, 3.8) is 0 Å². The molecule has 2 atom stereocenters. The third-order valence-corrected chi connectivity index (χ3v) is 2.90. The minimum Gasteiger partial charge on any atom is -0.381 e. The summed E-state index contributed by atoms with van der Waals surface area (Å²) >= 11 is 0. The molecule has 0 bridgehead atoms. The van der Waals surface area contributed by atoms with E-state index in [9.17, 15) is 0 Å². The second kappa shape index (κ2) is 7.24. The standard InChI is InChI=1S/C12H24O2/c1-3-9-13-10-11-7-5-6-8-12(11)14-4-2/h11-12H,3-10H2,1-2H3. The summed E-state index contributed by atoms with van der Waals surface area (Å²) in [6.45, 7) is 6.88. The summed E-state index contributed by atoms with van der Waals surface area (Å²) in [6, 6.07) is 0. The minimum atomic E-state index is 0.464. The van der Waals surface area contributed by atoms with Gasteiger partial charge in [-0.2, -0.15) is 0 Å². The number of rotatable bonds is 6. The van der Waals surface area contributed by atoms with Gasteiger partial charge in [-0.05, 0) is 26.2 Å². The molecule has 1 fully saturated rings. The summed E-state index contributed by atoms with van der Waals surface area (Å²) in [4.78, 5) is 0. The van der Waals surface area contributed by atoms with Crippen LogP contribution in [0.5, 0.6) is 0 Å². The Bertz CT molecular complexity index is 134. The summed E-state index contributed by atoms with van der Waals surface area (Å²) < 4.78 is 11.4. The van der Waals surface area contributed by atoms with Gasteiger partial charge in [0.2, 0.25) is 0 Å². The SMILES string of the molecule is CCCOCC1CCCCC1OCC. The van der Waals surface area contributed by atoms with Crippen LogP contribution in [0.1, 0.15) is 46.0 Å². The molecule has 0 aromatic rings. The van der Waals surface area contributed by atoms with E-state index in [1.54, 1.807) is 0 Å². The Kier molecular flexibility index (Phi) is 6.20. The van der Waals surface area contributed by atoms with Crippen LogP contribution in [0.3, 0.4) is 0 Å². The van der Waals surface area contributed by atoms with E-state index >= 15 is 0 Å². The van der Waals surface area contributed by atoms with Crippen molar-refractivity contribution in [2.75, 3.05) is 19.8 Å². The van der Waals surface area contributed by atoms with Gasteiger partial charge in [0, 0.05) is 19.1 Å². The zero-order chi connectivity index (χ0) is 10.2. The topological polar surface area (TPSA) is 18.5 Å². The third kappa shape index (κ3) is 3.97. The Balaban J connectivity index is 2.22. The molecule has 84 valence electrons. The molecule has 0 aromatic heterocycles. The molecule has 0 spiro atoms. The Morgan fingerprint density at radius 2 is 1.93 bits per heavy atom. The van der Waals surface area contributed by atoms with Gasteiger partial charge in [-0.3, -0.25) is 0 Å². The van der Waals surface area contributed by atoms with E-state index in [0.29, 0.717) is 12.0 Å². The normalized spacial score (nSPS) is 27.9. The molecule has 0 radical (unpaired) electrons. The molecule has 0 aliphatic heterocycles. The predicted molar refractivity (Wildman–Crippen MR) is 58.5 cm³/mol. The highest BCUT2D eigenvalue weighted by Crippen LogP contribution is 2.27. The molecule has 0 N–H and O–H groups in total. The first-order valence-electron chi connectivity index (χ1n) is 6.07. The van der Waals surface area contributed by atoms with Gasteiger partial charge in [-0.1, -0.05) is 19.8 Å². The molecule has 0 aromatic carbocycles. The van der Waals surface area contributed by atoms with Gasteiger partial charge in [-0.25, -0.2) is 0 Å². The molecular weight excluding hydrogens is 176 g/mol. The van der Waals surface area contributed by atoms with Crippen molar-refractivity contribution >= 4 is 0 Å². The second-order valence-electron chi connectivity index (χ2n) is 4.11. The van der Waals surface area contributed by atoms with Gasteiger partial charge >= 0.3 is 0 Å². The average molecular weight is 200 g/mol. The van der Waals surface area contributed by atoms with Crippen LogP contribution in [-0.2, 0) is 9.47 Å². The van der Waals surface area contributed by atoms with Gasteiger partial charge in [0.25, 0.3) is 0 Å². The molecule has 1 aliphatic carbocycles. The van der Waals surface area contributed by atoms with E-state index in [4.69, 9.17) is 9.47 Å². The van der Waals surface area contributed by atoms with Gasteiger partial charge in [-0.15, -0.1) is 0 Å². The molecule has 1 aliphatic rings. The van der Waals surface area contributed by atoms with Crippen LogP contribution in [0.4, 0.5) is 0 Å². The van der Waals surface area contributed by atoms with E-state index in [1.807, 2.05) is 0 Å². The van der Waals surface area contributed by atoms with Crippen LogP contribution in [0.25, 0.3) is 0 Å². The largest absolute Gasteiger partial charge is 0.381 e. The zero-order valence-electron chi connectivity index (χ0n) is 9.63. The lowest BCUT2D eigenvalue weighted by Gasteiger charge is -2.31. The number of hydrogen-bond acceptors (Lipinski definition) is 2. The summed E-state index contributed by atoms with van der Waals surface area (Å²) in [5, 5.41) is 0. The van der Waals surface area contributed by atoms with Crippen LogP contribution in [0.15, 0.2) is 0 Å². The first kappa shape index (κ1) is 12.0. The second-order valence-corrected chi connectivity index (χ2v) is 4.11. The Hall–Kier alpha value is -0.0800. The van der Waals surface area contributed by atoms with Crippen molar-refractivity contribution in [1.29, 1.82) is 0 Å². The lowest BCUT2D eigenvalue weighted by atomic mass is 9.87. The molecule has 0 heterocycles. The minimum absolute atomic E-state index is 0.464. The van der Waals surface area contributed by atoms with Crippen molar-refractivity contribution in [2.24, 2.45) is 5.92 Å². The molecular formula is C12H24O2. The maximum Gasteiger partial charge on any atom is 0.0625 e. The van der Waals surface area contributed by atoms with Crippen LogP contribution >= 0.6 is 0 Å². The molecule has 2 heteroatoms. The molecule has 1 rings (SSSR count). The van der Waals surface area contributed by atoms with Crippen molar-refractivity contribution < 1.29 is 9.47 Å². The molecule has 0 saturated heterocycles. The molecule has 2 unspecified atom stereocenters. The maximum absolute atomic E-state index is 5.75. The first-order chi connectivity index (χ1) is 6.88. The van der Waals surface area contributed by atoms with Crippen LogP contribution < -0.4 is 0 Å². The maximum atomic E-state index is 5.75. The van der Waals surface area contributed by atoms with Gasteiger partial charge in [0.05, 0.1) is 12.7 Å². The summed E-state index contributed by atoms with van der Waals surface area (Å²) in [5.41, 5.74) is 0. The fourth-order valence-corrected chi connectivity index (χ4v) is 2.18. The Morgan fingerprint density at radius 1 is 1.14 bits per heavy atom. The lowest BCUT2D eigenvalue weighted by molar-refractivity contribution is -0.0382. The quantitative estimate of drug-likeness (QED) is 0.614. The fourth-order valence-electron chi connectivity index (χ4n) is 2.18. The Labute approximate surface area is 88.0 Å². The van der Waals surface area contributed by atoms with Crippen LogP contribution in [-0.4, -0.2) is 25.9 Å². The number of ether oxygens (including phenoxy) is 2. The highest BCUT2D eigenvalue weighted by molar-refractivity contribution is 4.75. The molecule has 1 saturated carbocycles. The van der Waals surface area contributed by atoms with E-state index in [0.717, 1.165) is 26.2 Å². The molecule has 14 heavy (non-hydrogen) atoms. The highest BCUT2D eigenvalue weighted by Gasteiger charge is 2.25. The third-order valence-electron chi connectivity index (χ3n) is 2.90. The fraction of sp³-hybridized carbons (Fsp3) is 1.00. The lowest BCUT2D eigenvalue weighted by Crippen LogP contribution is -2.31.